The molecule has 4 heteroatoms. The Morgan fingerprint density at radius 1 is 1.00 bits per heavy atom. The van der Waals surface area contributed by atoms with Crippen LogP contribution >= 0.6 is 0 Å². The molecule has 0 fully saturated rings. The summed E-state index contributed by atoms with van der Waals surface area (Å²) in [5, 5.41) is 10.6. The maximum absolute atomic E-state index is 10.6. The first-order chi connectivity index (χ1) is 10.2. The number of benzene rings is 2. The second-order valence-electron chi connectivity index (χ2n) is 4.52. The summed E-state index contributed by atoms with van der Waals surface area (Å²) < 4.78 is 16.0. The van der Waals surface area contributed by atoms with E-state index in [1.54, 1.807) is 32.4 Å². The number of methoxy groups -OCH3 is 2. The van der Waals surface area contributed by atoms with Gasteiger partial charge in [0.2, 0.25) is 0 Å². The Hall–Kier alpha value is -2.20. The molecule has 0 radical (unpaired) electrons. The van der Waals surface area contributed by atoms with Crippen molar-refractivity contribution < 1.29 is 19.3 Å². The summed E-state index contributed by atoms with van der Waals surface area (Å²) in [6.45, 7) is 2.51. The van der Waals surface area contributed by atoms with Crippen molar-refractivity contribution in [3.8, 4) is 17.2 Å². The van der Waals surface area contributed by atoms with Crippen molar-refractivity contribution in [1.82, 2.24) is 0 Å². The fraction of sp³-hybridized carbons (Fsp3) is 0.294. The highest BCUT2D eigenvalue weighted by Gasteiger charge is 2.16. The minimum absolute atomic E-state index is 0.587. The van der Waals surface area contributed by atoms with Crippen molar-refractivity contribution in [2.24, 2.45) is 0 Å². The maximum Gasteiger partial charge on any atom is 0.128 e. The SMILES string of the molecule is CCOc1cccc(C(O)c2ccc(OC)cc2OC)c1. The van der Waals surface area contributed by atoms with Crippen LogP contribution in [0.15, 0.2) is 42.5 Å². The zero-order valence-corrected chi connectivity index (χ0v) is 12.5. The summed E-state index contributed by atoms with van der Waals surface area (Å²) >= 11 is 0. The third kappa shape index (κ3) is 3.47. The fourth-order valence-corrected chi connectivity index (χ4v) is 2.16. The molecule has 2 rings (SSSR count). The number of aliphatic hydroxyl groups is 1. The molecule has 1 N–H and O–H groups in total. The summed E-state index contributed by atoms with van der Waals surface area (Å²) in [7, 11) is 3.16. The highest BCUT2D eigenvalue weighted by atomic mass is 16.5. The van der Waals surface area contributed by atoms with E-state index in [1.807, 2.05) is 31.2 Å². The van der Waals surface area contributed by atoms with Gasteiger partial charge in [-0.05, 0) is 36.8 Å². The van der Waals surface area contributed by atoms with Crippen LogP contribution in [0, 0.1) is 0 Å². The predicted molar refractivity (Wildman–Crippen MR) is 81.2 cm³/mol. The van der Waals surface area contributed by atoms with Crippen molar-refractivity contribution in [1.29, 1.82) is 0 Å². The van der Waals surface area contributed by atoms with Crippen molar-refractivity contribution in [3.63, 3.8) is 0 Å². The molecule has 0 spiro atoms. The van der Waals surface area contributed by atoms with Gasteiger partial charge in [-0.3, -0.25) is 0 Å². The van der Waals surface area contributed by atoms with E-state index in [0.717, 1.165) is 11.3 Å². The number of hydrogen-bond acceptors (Lipinski definition) is 4. The van der Waals surface area contributed by atoms with E-state index in [1.165, 1.54) is 0 Å². The topological polar surface area (TPSA) is 47.9 Å². The number of rotatable bonds is 6. The minimum Gasteiger partial charge on any atom is -0.497 e. The minimum atomic E-state index is -0.786. The van der Waals surface area contributed by atoms with Gasteiger partial charge in [0.15, 0.2) is 0 Å². The molecule has 0 bridgehead atoms. The van der Waals surface area contributed by atoms with E-state index in [9.17, 15) is 5.11 Å². The van der Waals surface area contributed by atoms with Crippen LogP contribution in [0.4, 0.5) is 0 Å². The Bertz CT molecular complexity index is 595. The maximum atomic E-state index is 10.6. The monoisotopic (exact) mass is 288 g/mol. The van der Waals surface area contributed by atoms with E-state index in [4.69, 9.17) is 14.2 Å². The zero-order valence-electron chi connectivity index (χ0n) is 12.5. The highest BCUT2D eigenvalue weighted by Crippen LogP contribution is 2.33. The van der Waals surface area contributed by atoms with Gasteiger partial charge in [-0.15, -0.1) is 0 Å². The van der Waals surface area contributed by atoms with Crippen LogP contribution in [-0.2, 0) is 0 Å². The molecule has 1 unspecified atom stereocenters. The number of ether oxygens (including phenoxy) is 3. The predicted octanol–water partition coefficient (Wildman–Crippen LogP) is 3.18. The van der Waals surface area contributed by atoms with Crippen LogP contribution < -0.4 is 14.2 Å². The highest BCUT2D eigenvalue weighted by molar-refractivity contribution is 5.46. The van der Waals surface area contributed by atoms with Gasteiger partial charge < -0.3 is 19.3 Å². The molecule has 4 nitrogen and oxygen atoms in total. The molecule has 2 aromatic rings. The van der Waals surface area contributed by atoms with Crippen LogP contribution in [0.25, 0.3) is 0 Å². The molecule has 2 aromatic carbocycles. The van der Waals surface area contributed by atoms with Crippen molar-refractivity contribution in [2.45, 2.75) is 13.0 Å². The van der Waals surface area contributed by atoms with Crippen molar-refractivity contribution >= 4 is 0 Å². The Morgan fingerprint density at radius 3 is 2.48 bits per heavy atom. The van der Waals surface area contributed by atoms with E-state index < -0.39 is 6.10 Å². The Balaban J connectivity index is 2.34. The van der Waals surface area contributed by atoms with E-state index in [0.29, 0.717) is 23.7 Å². The van der Waals surface area contributed by atoms with Crippen LogP contribution in [0.1, 0.15) is 24.2 Å². The van der Waals surface area contributed by atoms with Gasteiger partial charge in [0, 0.05) is 11.6 Å². The summed E-state index contributed by atoms with van der Waals surface area (Å²) in [5.74, 6) is 2.01. The quantitative estimate of drug-likeness (QED) is 0.887. The molecule has 1 atom stereocenters. The number of aliphatic hydroxyl groups excluding tert-OH is 1. The van der Waals surface area contributed by atoms with Gasteiger partial charge in [0.1, 0.15) is 23.4 Å². The Kier molecular flexibility index (Phi) is 5.06. The molecule has 0 aliphatic carbocycles. The third-order valence-corrected chi connectivity index (χ3v) is 3.22. The Labute approximate surface area is 124 Å². The molecule has 112 valence electrons. The molecular formula is C17H20O4. The van der Waals surface area contributed by atoms with E-state index >= 15 is 0 Å². The standard InChI is InChI=1S/C17H20O4/c1-4-21-14-7-5-6-12(10-14)17(18)15-9-8-13(19-2)11-16(15)20-3/h5-11,17-18H,4H2,1-3H3. The average Bonchev–Trinajstić information content (AvgIpc) is 2.54. The smallest absolute Gasteiger partial charge is 0.128 e. The summed E-state index contributed by atoms with van der Waals surface area (Å²) in [6, 6.07) is 12.8. The van der Waals surface area contributed by atoms with Crippen LogP contribution in [-0.4, -0.2) is 25.9 Å². The first-order valence-electron chi connectivity index (χ1n) is 6.82. The summed E-state index contributed by atoms with van der Waals surface area (Å²) in [4.78, 5) is 0. The third-order valence-electron chi connectivity index (χ3n) is 3.22. The first-order valence-corrected chi connectivity index (χ1v) is 6.82. The lowest BCUT2D eigenvalue weighted by atomic mass is 10.0. The lowest BCUT2D eigenvalue weighted by molar-refractivity contribution is 0.213. The Morgan fingerprint density at radius 2 is 1.81 bits per heavy atom. The van der Waals surface area contributed by atoms with Gasteiger partial charge in [-0.1, -0.05) is 12.1 Å². The van der Waals surface area contributed by atoms with E-state index in [2.05, 4.69) is 0 Å². The van der Waals surface area contributed by atoms with Gasteiger partial charge in [0.25, 0.3) is 0 Å². The molecule has 0 aliphatic rings. The zero-order chi connectivity index (χ0) is 15.2. The fourth-order valence-electron chi connectivity index (χ4n) is 2.16. The average molecular weight is 288 g/mol. The molecule has 0 saturated carbocycles. The summed E-state index contributed by atoms with van der Waals surface area (Å²) in [6.07, 6.45) is -0.786. The van der Waals surface area contributed by atoms with Crippen molar-refractivity contribution in [3.05, 3.63) is 53.6 Å². The van der Waals surface area contributed by atoms with Gasteiger partial charge in [-0.2, -0.15) is 0 Å². The molecular weight excluding hydrogens is 268 g/mol. The van der Waals surface area contributed by atoms with E-state index in [-0.39, 0.29) is 0 Å². The molecule has 0 aromatic heterocycles. The second kappa shape index (κ2) is 6.99. The van der Waals surface area contributed by atoms with Crippen molar-refractivity contribution in [2.75, 3.05) is 20.8 Å². The lowest BCUT2D eigenvalue weighted by Gasteiger charge is -2.17. The van der Waals surface area contributed by atoms with Crippen LogP contribution in [0.5, 0.6) is 17.2 Å². The molecule has 0 heterocycles. The first kappa shape index (κ1) is 15.2. The largest absolute Gasteiger partial charge is 0.497 e. The molecule has 21 heavy (non-hydrogen) atoms. The van der Waals surface area contributed by atoms with Gasteiger partial charge in [0.05, 0.1) is 20.8 Å². The van der Waals surface area contributed by atoms with Gasteiger partial charge >= 0.3 is 0 Å². The van der Waals surface area contributed by atoms with Gasteiger partial charge in [-0.25, -0.2) is 0 Å². The molecule has 0 amide bonds. The number of hydrogen-bond donors (Lipinski definition) is 1. The lowest BCUT2D eigenvalue weighted by Crippen LogP contribution is -2.03. The normalized spacial score (nSPS) is 11.8. The summed E-state index contributed by atoms with van der Waals surface area (Å²) in [5.41, 5.74) is 1.44. The second-order valence-corrected chi connectivity index (χ2v) is 4.52. The molecule has 0 saturated heterocycles. The molecule has 0 aliphatic heterocycles. The van der Waals surface area contributed by atoms with Crippen LogP contribution in [0.3, 0.4) is 0 Å². The van der Waals surface area contributed by atoms with Crippen LogP contribution in [0.2, 0.25) is 0 Å².